The van der Waals surface area contributed by atoms with Crippen LogP contribution in [0.15, 0.2) is 12.3 Å². The third-order valence-corrected chi connectivity index (χ3v) is 3.01. The molecule has 1 aliphatic rings. The molecule has 2 heteroatoms. The standard InChI is InChI=1S/C11H17NO/c1-9-6-10(8-13)7-12(9)11-4-2-3-5-11/h6-7,11,13H,2-5,8H2,1H3. The summed E-state index contributed by atoms with van der Waals surface area (Å²) >= 11 is 0. The van der Waals surface area contributed by atoms with Gasteiger partial charge in [-0.2, -0.15) is 0 Å². The van der Waals surface area contributed by atoms with Gasteiger partial charge in [0.25, 0.3) is 0 Å². The quantitative estimate of drug-likeness (QED) is 0.741. The van der Waals surface area contributed by atoms with Gasteiger partial charge in [-0.1, -0.05) is 12.8 Å². The molecule has 0 saturated heterocycles. The van der Waals surface area contributed by atoms with Crippen LogP contribution in [0.2, 0.25) is 0 Å². The molecule has 1 fully saturated rings. The molecule has 2 rings (SSSR count). The van der Waals surface area contributed by atoms with E-state index >= 15 is 0 Å². The number of aliphatic hydroxyl groups excluding tert-OH is 1. The summed E-state index contributed by atoms with van der Waals surface area (Å²) in [6, 6.07) is 2.78. The smallest absolute Gasteiger partial charge is 0.0696 e. The summed E-state index contributed by atoms with van der Waals surface area (Å²) in [6.45, 7) is 2.29. The number of aliphatic hydroxyl groups is 1. The molecule has 1 aromatic heterocycles. The summed E-state index contributed by atoms with van der Waals surface area (Å²) in [5.74, 6) is 0. The van der Waals surface area contributed by atoms with E-state index in [2.05, 4.69) is 23.8 Å². The lowest BCUT2D eigenvalue weighted by molar-refractivity contribution is 0.281. The Bertz CT molecular complexity index is 284. The summed E-state index contributed by atoms with van der Waals surface area (Å²) < 4.78 is 2.33. The van der Waals surface area contributed by atoms with Crippen molar-refractivity contribution in [1.82, 2.24) is 4.57 Å². The first-order valence-corrected chi connectivity index (χ1v) is 5.09. The molecule has 13 heavy (non-hydrogen) atoms. The van der Waals surface area contributed by atoms with Gasteiger partial charge in [0.05, 0.1) is 6.61 Å². The maximum absolute atomic E-state index is 9.00. The Morgan fingerprint density at radius 2 is 2.15 bits per heavy atom. The molecule has 0 aliphatic heterocycles. The maximum Gasteiger partial charge on any atom is 0.0696 e. The first kappa shape index (κ1) is 8.82. The summed E-state index contributed by atoms with van der Waals surface area (Å²) in [6.07, 6.45) is 7.43. The van der Waals surface area contributed by atoms with Crippen LogP contribution in [0, 0.1) is 6.92 Å². The molecule has 2 nitrogen and oxygen atoms in total. The second-order valence-corrected chi connectivity index (χ2v) is 3.99. The summed E-state index contributed by atoms with van der Waals surface area (Å²) in [4.78, 5) is 0. The van der Waals surface area contributed by atoms with E-state index in [9.17, 15) is 0 Å². The zero-order valence-electron chi connectivity index (χ0n) is 8.16. The third kappa shape index (κ3) is 1.63. The monoisotopic (exact) mass is 179 g/mol. The Labute approximate surface area is 79.2 Å². The Morgan fingerprint density at radius 3 is 2.69 bits per heavy atom. The van der Waals surface area contributed by atoms with Gasteiger partial charge in [0.2, 0.25) is 0 Å². The number of aryl methyl sites for hydroxylation is 1. The van der Waals surface area contributed by atoms with E-state index in [0.717, 1.165) is 5.56 Å². The van der Waals surface area contributed by atoms with Crippen LogP contribution in [0.5, 0.6) is 0 Å². The van der Waals surface area contributed by atoms with Gasteiger partial charge in [-0.3, -0.25) is 0 Å². The molecular weight excluding hydrogens is 162 g/mol. The largest absolute Gasteiger partial charge is 0.392 e. The second-order valence-electron chi connectivity index (χ2n) is 3.99. The van der Waals surface area contributed by atoms with Crippen LogP contribution in [0.25, 0.3) is 0 Å². The second kappa shape index (κ2) is 3.54. The molecule has 0 atom stereocenters. The molecule has 1 N–H and O–H groups in total. The Morgan fingerprint density at radius 1 is 1.46 bits per heavy atom. The van der Waals surface area contributed by atoms with Crippen molar-refractivity contribution in [2.75, 3.05) is 0 Å². The first-order chi connectivity index (χ1) is 6.31. The molecule has 72 valence electrons. The highest BCUT2D eigenvalue weighted by atomic mass is 16.3. The van der Waals surface area contributed by atoms with E-state index in [1.165, 1.54) is 31.4 Å². The maximum atomic E-state index is 9.00. The lowest BCUT2D eigenvalue weighted by Gasteiger charge is -2.13. The predicted octanol–water partition coefficient (Wildman–Crippen LogP) is 2.40. The summed E-state index contributed by atoms with van der Waals surface area (Å²) in [5, 5.41) is 9.00. The van der Waals surface area contributed by atoms with Crippen LogP contribution in [-0.2, 0) is 6.61 Å². The van der Waals surface area contributed by atoms with Crippen LogP contribution in [0.3, 0.4) is 0 Å². The molecule has 0 amide bonds. The Balaban J connectivity index is 2.22. The molecule has 0 spiro atoms. The van der Waals surface area contributed by atoms with Crippen molar-refractivity contribution in [3.63, 3.8) is 0 Å². The average Bonchev–Trinajstić information content (AvgIpc) is 2.72. The van der Waals surface area contributed by atoms with E-state index < -0.39 is 0 Å². The lowest BCUT2D eigenvalue weighted by atomic mass is 10.2. The molecule has 1 saturated carbocycles. The molecule has 0 unspecified atom stereocenters. The predicted molar refractivity (Wildman–Crippen MR) is 52.6 cm³/mol. The minimum absolute atomic E-state index is 0.167. The molecule has 1 aliphatic carbocycles. The minimum atomic E-state index is 0.167. The van der Waals surface area contributed by atoms with Crippen LogP contribution < -0.4 is 0 Å². The highest BCUT2D eigenvalue weighted by Gasteiger charge is 2.17. The highest BCUT2D eigenvalue weighted by molar-refractivity contribution is 5.18. The number of nitrogens with zero attached hydrogens (tertiary/aromatic N) is 1. The van der Waals surface area contributed by atoms with Crippen molar-refractivity contribution in [2.45, 2.75) is 45.3 Å². The van der Waals surface area contributed by atoms with Crippen molar-refractivity contribution in [1.29, 1.82) is 0 Å². The Hall–Kier alpha value is -0.760. The van der Waals surface area contributed by atoms with Crippen molar-refractivity contribution < 1.29 is 5.11 Å². The number of hydrogen-bond donors (Lipinski definition) is 1. The number of hydrogen-bond acceptors (Lipinski definition) is 1. The van der Waals surface area contributed by atoms with Gasteiger partial charge in [0.1, 0.15) is 0 Å². The van der Waals surface area contributed by atoms with E-state index in [1.54, 1.807) is 0 Å². The van der Waals surface area contributed by atoms with E-state index in [-0.39, 0.29) is 6.61 Å². The molecule has 0 bridgehead atoms. The van der Waals surface area contributed by atoms with Gasteiger partial charge in [0.15, 0.2) is 0 Å². The van der Waals surface area contributed by atoms with Crippen molar-refractivity contribution >= 4 is 0 Å². The van der Waals surface area contributed by atoms with Crippen LogP contribution in [0.4, 0.5) is 0 Å². The van der Waals surface area contributed by atoms with Gasteiger partial charge in [0, 0.05) is 17.9 Å². The van der Waals surface area contributed by atoms with E-state index in [4.69, 9.17) is 5.11 Å². The Kier molecular flexibility index (Phi) is 2.40. The number of rotatable bonds is 2. The summed E-state index contributed by atoms with van der Waals surface area (Å²) in [5.41, 5.74) is 2.33. The van der Waals surface area contributed by atoms with Gasteiger partial charge < -0.3 is 9.67 Å². The van der Waals surface area contributed by atoms with Crippen molar-refractivity contribution in [3.05, 3.63) is 23.5 Å². The fraction of sp³-hybridized carbons (Fsp3) is 0.636. The number of aromatic nitrogens is 1. The molecule has 1 heterocycles. The SMILES string of the molecule is Cc1cc(CO)cn1C1CCCC1. The average molecular weight is 179 g/mol. The minimum Gasteiger partial charge on any atom is -0.392 e. The van der Waals surface area contributed by atoms with Gasteiger partial charge >= 0.3 is 0 Å². The van der Waals surface area contributed by atoms with E-state index in [0.29, 0.717) is 6.04 Å². The van der Waals surface area contributed by atoms with Gasteiger partial charge in [-0.15, -0.1) is 0 Å². The van der Waals surface area contributed by atoms with Gasteiger partial charge in [-0.05, 0) is 31.4 Å². The topological polar surface area (TPSA) is 25.2 Å². The third-order valence-electron chi connectivity index (χ3n) is 3.01. The molecular formula is C11H17NO. The molecule has 0 radical (unpaired) electrons. The lowest BCUT2D eigenvalue weighted by Crippen LogP contribution is -2.04. The van der Waals surface area contributed by atoms with Crippen LogP contribution >= 0.6 is 0 Å². The van der Waals surface area contributed by atoms with Gasteiger partial charge in [-0.25, -0.2) is 0 Å². The van der Waals surface area contributed by atoms with Crippen molar-refractivity contribution in [3.8, 4) is 0 Å². The van der Waals surface area contributed by atoms with Crippen LogP contribution in [0.1, 0.15) is 43.0 Å². The van der Waals surface area contributed by atoms with Crippen LogP contribution in [-0.4, -0.2) is 9.67 Å². The summed E-state index contributed by atoms with van der Waals surface area (Å²) in [7, 11) is 0. The van der Waals surface area contributed by atoms with Crippen molar-refractivity contribution in [2.24, 2.45) is 0 Å². The fourth-order valence-electron chi connectivity index (χ4n) is 2.32. The highest BCUT2D eigenvalue weighted by Crippen LogP contribution is 2.31. The zero-order chi connectivity index (χ0) is 9.26. The molecule has 1 aromatic rings. The zero-order valence-corrected chi connectivity index (χ0v) is 8.16. The first-order valence-electron chi connectivity index (χ1n) is 5.09. The van der Waals surface area contributed by atoms with E-state index in [1.807, 2.05) is 0 Å². The molecule has 0 aromatic carbocycles. The fourth-order valence-corrected chi connectivity index (χ4v) is 2.32. The normalized spacial score (nSPS) is 18.3.